The molecule has 2 aliphatic rings. The third kappa shape index (κ3) is 2.53. The third-order valence-corrected chi connectivity index (χ3v) is 7.72. The minimum absolute atomic E-state index is 0.0792. The van der Waals surface area contributed by atoms with E-state index >= 15 is 0 Å². The van der Waals surface area contributed by atoms with Crippen molar-refractivity contribution in [3.05, 3.63) is 42.7 Å². The SMILES string of the molecule is O=S1(=O)CC(Nc2cc(Oc3ccccc3)ncn2)C12CCCC2. The number of rotatable bonds is 4. The lowest BCUT2D eigenvalue weighted by atomic mass is 9.96. The van der Waals surface area contributed by atoms with Crippen molar-refractivity contribution in [2.24, 2.45) is 0 Å². The normalized spacial score (nSPS) is 23.6. The van der Waals surface area contributed by atoms with E-state index in [1.807, 2.05) is 30.3 Å². The van der Waals surface area contributed by atoms with Crippen molar-refractivity contribution in [1.82, 2.24) is 9.97 Å². The van der Waals surface area contributed by atoms with Gasteiger partial charge in [0.05, 0.1) is 16.5 Å². The molecular formula is C17H19N3O3S. The van der Waals surface area contributed by atoms with Crippen LogP contribution in [0, 0.1) is 0 Å². The molecule has 1 spiro atoms. The molecule has 2 aromatic rings. The number of hydrogen-bond acceptors (Lipinski definition) is 6. The van der Waals surface area contributed by atoms with Gasteiger partial charge in [-0.3, -0.25) is 0 Å². The number of nitrogens with one attached hydrogen (secondary N) is 1. The second kappa shape index (κ2) is 5.73. The molecule has 1 aromatic carbocycles. The van der Waals surface area contributed by atoms with Crippen LogP contribution in [0.5, 0.6) is 11.6 Å². The largest absolute Gasteiger partial charge is 0.439 e. The summed E-state index contributed by atoms with van der Waals surface area (Å²) in [4.78, 5) is 8.32. The predicted octanol–water partition coefficient (Wildman–Crippen LogP) is 2.79. The molecule has 6 nitrogen and oxygen atoms in total. The van der Waals surface area contributed by atoms with Gasteiger partial charge in [-0.2, -0.15) is 0 Å². The van der Waals surface area contributed by atoms with Crippen LogP contribution >= 0.6 is 0 Å². The van der Waals surface area contributed by atoms with Crippen LogP contribution in [0.15, 0.2) is 42.7 Å². The highest BCUT2D eigenvalue weighted by atomic mass is 32.2. The molecule has 1 atom stereocenters. The van der Waals surface area contributed by atoms with Crippen LogP contribution in [0.1, 0.15) is 25.7 Å². The van der Waals surface area contributed by atoms with Gasteiger partial charge in [-0.25, -0.2) is 18.4 Å². The number of benzene rings is 1. The van der Waals surface area contributed by atoms with Crippen LogP contribution in [0.3, 0.4) is 0 Å². The molecular weight excluding hydrogens is 326 g/mol. The average molecular weight is 345 g/mol. The Morgan fingerprint density at radius 3 is 2.58 bits per heavy atom. The van der Waals surface area contributed by atoms with Crippen molar-refractivity contribution in [3.8, 4) is 11.6 Å². The monoisotopic (exact) mass is 345 g/mol. The highest BCUT2D eigenvalue weighted by Crippen LogP contribution is 2.48. The molecule has 0 bridgehead atoms. The Labute approximate surface area is 141 Å². The van der Waals surface area contributed by atoms with Crippen molar-refractivity contribution >= 4 is 15.7 Å². The lowest BCUT2D eigenvalue weighted by Gasteiger charge is -2.46. The summed E-state index contributed by atoms with van der Waals surface area (Å²) in [5, 5.41) is 3.28. The van der Waals surface area contributed by atoms with Crippen LogP contribution in [0.2, 0.25) is 0 Å². The van der Waals surface area contributed by atoms with Gasteiger partial charge in [0.25, 0.3) is 0 Å². The molecule has 2 heterocycles. The van der Waals surface area contributed by atoms with E-state index in [1.165, 1.54) is 6.33 Å². The molecule has 126 valence electrons. The van der Waals surface area contributed by atoms with E-state index in [1.54, 1.807) is 6.07 Å². The minimum Gasteiger partial charge on any atom is -0.439 e. The summed E-state index contributed by atoms with van der Waals surface area (Å²) in [6, 6.07) is 11.0. The van der Waals surface area contributed by atoms with E-state index in [9.17, 15) is 8.42 Å². The molecule has 2 fully saturated rings. The molecule has 1 N–H and O–H groups in total. The number of para-hydroxylation sites is 1. The molecule has 7 heteroatoms. The topological polar surface area (TPSA) is 81.2 Å². The first kappa shape index (κ1) is 15.4. The maximum absolute atomic E-state index is 12.3. The lowest BCUT2D eigenvalue weighted by molar-refractivity contribution is 0.423. The first-order valence-electron chi connectivity index (χ1n) is 8.13. The highest BCUT2D eigenvalue weighted by Gasteiger charge is 2.61. The standard InChI is InChI=1S/C17H19N3O3S/c21-24(22)11-14(17(24)8-4-5-9-17)20-15-10-16(19-12-18-15)23-13-6-2-1-3-7-13/h1-3,6-7,10,12,14H,4-5,8-9,11H2,(H,18,19,20). The molecule has 1 aliphatic heterocycles. The molecule has 0 radical (unpaired) electrons. The first-order valence-corrected chi connectivity index (χ1v) is 9.78. The van der Waals surface area contributed by atoms with Crippen LogP contribution in [0.4, 0.5) is 5.82 Å². The number of hydrogen-bond donors (Lipinski definition) is 1. The van der Waals surface area contributed by atoms with E-state index < -0.39 is 14.6 Å². The predicted molar refractivity (Wildman–Crippen MR) is 90.9 cm³/mol. The summed E-state index contributed by atoms with van der Waals surface area (Å²) in [6.07, 6.45) is 4.86. The van der Waals surface area contributed by atoms with Gasteiger partial charge in [-0.05, 0) is 25.0 Å². The van der Waals surface area contributed by atoms with Gasteiger partial charge < -0.3 is 10.1 Å². The zero-order valence-corrected chi connectivity index (χ0v) is 14.0. The van der Waals surface area contributed by atoms with Gasteiger partial charge >= 0.3 is 0 Å². The van der Waals surface area contributed by atoms with Crippen molar-refractivity contribution in [2.75, 3.05) is 11.1 Å². The summed E-state index contributed by atoms with van der Waals surface area (Å²) in [5.74, 6) is 1.90. The van der Waals surface area contributed by atoms with E-state index in [0.717, 1.165) is 25.7 Å². The molecule has 1 saturated carbocycles. The molecule has 0 amide bonds. The molecule has 1 aliphatic carbocycles. The number of anilines is 1. The maximum Gasteiger partial charge on any atom is 0.224 e. The van der Waals surface area contributed by atoms with E-state index in [2.05, 4.69) is 15.3 Å². The lowest BCUT2D eigenvalue weighted by Crippen LogP contribution is -2.65. The van der Waals surface area contributed by atoms with E-state index in [4.69, 9.17) is 4.74 Å². The van der Waals surface area contributed by atoms with Gasteiger partial charge in [0.1, 0.15) is 17.9 Å². The fourth-order valence-corrected chi connectivity index (χ4v) is 6.08. The summed E-state index contributed by atoms with van der Waals surface area (Å²) in [7, 11) is -2.99. The summed E-state index contributed by atoms with van der Waals surface area (Å²) in [5.41, 5.74) is 0. The Hall–Kier alpha value is -2.15. The van der Waals surface area contributed by atoms with Crippen molar-refractivity contribution in [2.45, 2.75) is 36.5 Å². The maximum atomic E-state index is 12.3. The van der Waals surface area contributed by atoms with Crippen molar-refractivity contribution in [1.29, 1.82) is 0 Å². The number of sulfone groups is 1. The second-order valence-corrected chi connectivity index (χ2v) is 8.78. The summed E-state index contributed by atoms with van der Waals surface area (Å²) >= 11 is 0. The smallest absolute Gasteiger partial charge is 0.224 e. The van der Waals surface area contributed by atoms with Crippen molar-refractivity contribution < 1.29 is 13.2 Å². The average Bonchev–Trinajstić information content (AvgIpc) is 3.09. The van der Waals surface area contributed by atoms with E-state index in [-0.39, 0.29) is 11.8 Å². The fraction of sp³-hybridized carbons (Fsp3) is 0.412. The van der Waals surface area contributed by atoms with Gasteiger partial charge in [-0.1, -0.05) is 31.0 Å². The third-order valence-electron chi connectivity index (χ3n) is 5.02. The van der Waals surface area contributed by atoms with E-state index in [0.29, 0.717) is 17.4 Å². The Morgan fingerprint density at radius 1 is 1.12 bits per heavy atom. The van der Waals surface area contributed by atoms with Crippen molar-refractivity contribution in [3.63, 3.8) is 0 Å². The van der Waals surface area contributed by atoms with Crippen LogP contribution in [-0.4, -0.2) is 34.9 Å². The Bertz CT molecular complexity index is 833. The van der Waals surface area contributed by atoms with Crippen LogP contribution in [-0.2, 0) is 9.84 Å². The Kier molecular flexibility index (Phi) is 3.68. The quantitative estimate of drug-likeness (QED) is 0.918. The molecule has 24 heavy (non-hydrogen) atoms. The van der Waals surface area contributed by atoms with Gasteiger partial charge in [0.15, 0.2) is 9.84 Å². The number of nitrogens with zero attached hydrogens (tertiary/aromatic N) is 2. The fourth-order valence-electron chi connectivity index (χ4n) is 3.72. The van der Waals surface area contributed by atoms with Crippen LogP contribution < -0.4 is 10.1 Å². The summed E-state index contributed by atoms with van der Waals surface area (Å²) < 4.78 is 29.6. The zero-order chi connectivity index (χ0) is 16.6. The zero-order valence-electron chi connectivity index (χ0n) is 13.2. The van der Waals surface area contributed by atoms with Gasteiger partial charge in [-0.15, -0.1) is 0 Å². The Balaban J connectivity index is 1.51. The first-order chi connectivity index (χ1) is 11.6. The second-order valence-electron chi connectivity index (χ2n) is 6.41. The molecule has 4 rings (SSSR count). The van der Waals surface area contributed by atoms with Gasteiger partial charge in [0.2, 0.25) is 5.88 Å². The molecule has 1 aromatic heterocycles. The Morgan fingerprint density at radius 2 is 1.88 bits per heavy atom. The molecule has 1 saturated heterocycles. The van der Waals surface area contributed by atoms with Gasteiger partial charge in [0, 0.05) is 6.07 Å². The highest BCUT2D eigenvalue weighted by molar-refractivity contribution is 7.94. The number of aromatic nitrogens is 2. The van der Waals surface area contributed by atoms with Crippen LogP contribution in [0.25, 0.3) is 0 Å². The molecule has 1 unspecified atom stereocenters. The number of ether oxygens (including phenoxy) is 1. The minimum atomic E-state index is -2.99. The summed E-state index contributed by atoms with van der Waals surface area (Å²) in [6.45, 7) is 0.